The lowest BCUT2D eigenvalue weighted by Crippen LogP contribution is -2.87. The molecule has 1 fully saturated rings. The maximum Gasteiger partial charge on any atom is 0.277 e. The van der Waals surface area contributed by atoms with Gasteiger partial charge in [-0.3, -0.25) is 4.79 Å². The van der Waals surface area contributed by atoms with Crippen molar-refractivity contribution in [2.75, 3.05) is 37.6 Å². The van der Waals surface area contributed by atoms with Gasteiger partial charge in [0.15, 0.2) is 6.54 Å². The Labute approximate surface area is 154 Å². The first kappa shape index (κ1) is 17.8. The van der Waals surface area contributed by atoms with Gasteiger partial charge >= 0.3 is 0 Å². The van der Waals surface area contributed by atoms with E-state index in [1.54, 1.807) is 0 Å². The van der Waals surface area contributed by atoms with E-state index in [9.17, 15) is 4.79 Å². The van der Waals surface area contributed by atoms with Gasteiger partial charge in [-0.25, -0.2) is 0 Å². The number of benzene rings is 2. The molecular formula is C20H25ClN3O+. The van der Waals surface area contributed by atoms with Gasteiger partial charge in [-0.05, 0) is 31.2 Å². The molecule has 1 atom stereocenters. The zero-order valence-electron chi connectivity index (χ0n) is 14.6. The highest BCUT2D eigenvalue weighted by Gasteiger charge is 2.23. The summed E-state index contributed by atoms with van der Waals surface area (Å²) < 4.78 is 0. The third-order valence-electron chi connectivity index (χ3n) is 4.77. The van der Waals surface area contributed by atoms with Crippen molar-refractivity contribution in [1.29, 1.82) is 0 Å². The zero-order valence-corrected chi connectivity index (χ0v) is 15.3. The summed E-state index contributed by atoms with van der Waals surface area (Å²) in [6.07, 6.45) is 0. The zero-order chi connectivity index (χ0) is 17.6. The van der Waals surface area contributed by atoms with Crippen molar-refractivity contribution in [2.45, 2.75) is 13.0 Å². The van der Waals surface area contributed by atoms with Crippen LogP contribution in [0.5, 0.6) is 0 Å². The van der Waals surface area contributed by atoms with Gasteiger partial charge in [-0.15, -0.1) is 0 Å². The highest BCUT2D eigenvalue weighted by Crippen LogP contribution is 2.16. The van der Waals surface area contributed by atoms with Crippen LogP contribution in [0, 0.1) is 0 Å². The Hall–Kier alpha value is -2.04. The molecule has 1 amide bonds. The molecular weight excluding hydrogens is 334 g/mol. The molecule has 25 heavy (non-hydrogen) atoms. The minimum Gasteiger partial charge on any atom is -0.368 e. The van der Waals surface area contributed by atoms with Crippen LogP contribution in [-0.4, -0.2) is 43.5 Å². The van der Waals surface area contributed by atoms with Crippen molar-refractivity contribution in [3.05, 3.63) is 65.2 Å². The van der Waals surface area contributed by atoms with Gasteiger partial charge in [0.05, 0.1) is 0 Å². The van der Waals surface area contributed by atoms with Crippen LogP contribution < -0.4 is 10.2 Å². The van der Waals surface area contributed by atoms with Crippen LogP contribution in [0.3, 0.4) is 0 Å². The van der Waals surface area contributed by atoms with E-state index in [4.69, 9.17) is 11.6 Å². The Morgan fingerprint density at radius 1 is 1.08 bits per heavy atom. The molecule has 2 aromatic rings. The molecule has 0 spiro atoms. The maximum absolute atomic E-state index is 12.5. The van der Waals surface area contributed by atoms with E-state index in [0.29, 0.717) is 6.54 Å². The molecule has 2 aromatic carbocycles. The molecule has 5 heteroatoms. The number of quaternary nitrogens is 1. The van der Waals surface area contributed by atoms with Crippen LogP contribution in [0.15, 0.2) is 54.6 Å². The predicted octanol–water partition coefficient (Wildman–Crippen LogP) is 2.31. The average molecular weight is 359 g/mol. The van der Waals surface area contributed by atoms with Crippen molar-refractivity contribution in [3.63, 3.8) is 0 Å². The number of piperazine rings is 1. The van der Waals surface area contributed by atoms with Crippen LogP contribution in [-0.2, 0) is 4.79 Å². The molecule has 0 bridgehead atoms. The summed E-state index contributed by atoms with van der Waals surface area (Å²) in [6.45, 7) is 5.92. The lowest BCUT2D eigenvalue weighted by molar-refractivity contribution is -0.683. The van der Waals surface area contributed by atoms with Gasteiger partial charge in [-0.1, -0.05) is 41.9 Å². The highest BCUT2D eigenvalue weighted by atomic mass is 35.5. The van der Waals surface area contributed by atoms with Crippen molar-refractivity contribution >= 4 is 23.2 Å². The molecule has 2 N–H and O–H groups in total. The molecule has 0 aromatic heterocycles. The van der Waals surface area contributed by atoms with Crippen molar-refractivity contribution < 1.29 is 10.1 Å². The van der Waals surface area contributed by atoms with E-state index < -0.39 is 0 Å². The number of hydrogen-bond acceptors (Lipinski definition) is 2. The molecule has 1 heterocycles. The Balaban J connectivity index is 1.46. The number of nitrogens with zero attached hydrogens (tertiary/aromatic N) is 2. The quantitative estimate of drug-likeness (QED) is 0.891. The fourth-order valence-electron chi connectivity index (χ4n) is 3.19. The average Bonchev–Trinajstić information content (AvgIpc) is 2.66. The molecule has 1 aliphatic rings. The van der Waals surface area contributed by atoms with E-state index >= 15 is 0 Å². The fourth-order valence-corrected chi connectivity index (χ4v) is 3.38. The van der Waals surface area contributed by atoms with Crippen molar-refractivity contribution in [1.82, 2.24) is 4.90 Å². The van der Waals surface area contributed by atoms with Crippen LogP contribution in [0.25, 0.3) is 0 Å². The van der Waals surface area contributed by atoms with Gasteiger partial charge in [0.2, 0.25) is 0 Å². The number of hydrogen-bond donors (Lipinski definition) is 1. The number of nitrogens with two attached hydrogens (primary N) is 1. The molecule has 0 aliphatic carbocycles. The second-order valence-corrected chi connectivity index (χ2v) is 6.92. The van der Waals surface area contributed by atoms with E-state index in [1.165, 1.54) is 5.69 Å². The summed E-state index contributed by atoms with van der Waals surface area (Å²) >= 11 is 6.04. The standard InChI is InChI=1S/C20H24ClN3O/c1-16(17-6-5-7-18(21)14-17)22-15-20(25)24-12-10-23(11-13-24)19-8-3-2-4-9-19/h2-9,14,16,22H,10-13,15H2,1H3/p+1/t16-/m0/s1. The third-order valence-corrected chi connectivity index (χ3v) is 5.01. The predicted molar refractivity (Wildman–Crippen MR) is 102 cm³/mol. The summed E-state index contributed by atoms with van der Waals surface area (Å²) in [6, 6.07) is 18.4. The van der Waals surface area contributed by atoms with E-state index in [1.807, 2.05) is 29.2 Å². The van der Waals surface area contributed by atoms with Gasteiger partial charge < -0.3 is 15.1 Å². The number of carbonyl (C=O) groups excluding carboxylic acids is 1. The SMILES string of the molecule is C[C@H]([NH2+]CC(=O)N1CCN(c2ccccc2)CC1)c1cccc(Cl)c1. The molecule has 0 unspecified atom stereocenters. The third kappa shape index (κ3) is 4.74. The van der Waals surface area contributed by atoms with Gasteiger partial charge in [0, 0.05) is 42.5 Å². The monoisotopic (exact) mass is 358 g/mol. The summed E-state index contributed by atoms with van der Waals surface area (Å²) in [7, 11) is 0. The summed E-state index contributed by atoms with van der Waals surface area (Å²) in [5.74, 6) is 0.210. The first-order chi connectivity index (χ1) is 12.1. The van der Waals surface area contributed by atoms with E-state index in [-0.39, 0.29) is 11.9 Å². The first-order valence-corrected chi connectivity index (χ1v) is 9.18. The molecule has 0 radical (unpaired) electrons. The lowest BCUT2D eigenvalue weighted by Gasteiger charge is -2.35. The summed E-state index contributed by atoms with van der Waals surface area (Å²) in [5, 5.41) is 2.82. The molecule has 132 valence electrons. The number of anilines is 1. The summed E-state index contributed by atoms with van der Waals surface area (Å²) in [5.41, 5.74) is 2.38. The van der Waals surface area contributed by atoms with Crippen molar-refractivity contribution in [2.24, 2.45) is 0 Å². The topological polar surface area (TPSA) is 40.2 Å². The minimum absolute atomic E-state index is 0.210. The van der Waals surface area contributed by atoms with E-state index in [0.717, 1.165) is 36.8 Å². The second-order valence-electron chi connectivity index (χ2n) is 6.49. The van der Waals surface area contributed by atoms with Crippen LogP contribution in [0.2, 0.25) is 5.02 Å². The van der Waals surface area contributed by atoms with Crippen LogP contribution in [0.4, 0.5) is 5.69 Å². The molecule has 1 aliphatic heterocycles. The Bertz CT molecular complexity index is 699. The normalized spacial score (nSPS) is 15.9. The van der Waals surface area contributed by atoms with Gasteiger partial charge in [0.25, 0.3) is 5.91 Å². The number of halogens is 1. The summed E-state index contributed by atoms with van der Waals surface area (Å²) in [4.78, 5) is 16.8. The Morgan fingerprint density at radius 2 is 1.80 bits per heavy atom. The van der Waals surface area contributed by atoms with E-state index in [2.05, 4.69) is 47.5 Å². The Morgan fingerprint density at radius 3 is 2.48 bits per heavy atom. The molecule has 1 saturated heterocycles. The second kappa shape index (κ2) is 8.37. The number of rotatable bonds is 5. The Kier molecular flexibility index (Phi) is 5.95. The molecule has 0 saturated carbocycles. The van der Waals surface area contributed by atoms with Crippen LogP contribution >= 0.6 is 11.6 Å². The minimum atomic E-state index is 0.210. The molecule has 3 rings (SSSR count). The van der Waals surface area contributed by atoms with Gasteiger partial charge in [0.1, 0.15) is 6.04 Å². The number of carbonyl (C=O) groups is 1. The maximum atomic E-state index is 12.5. The lowest BCUT2D eigenvalue weighted by atomic mass is 10.1. The highest BCUT2D eigenvalue weighted by molar-refractivity contribution is 6.30. The first-order valence-electron chi connectivity index (χ1n) is 8.80. The van der Waals surface area contributed by atoms with Crippen LogP contribution in [0.1, 0.15) is 18.5 Å². The number of amides is 1. The fraction of sp³-hybridized carbons (Fsp3) is 0.350. The van der Waals surface area contributed by atoms with Gasteiger partial charge in [-0.2, -0.15) is 0 Å². The number of para-hydroxylation sites is 1. The largest absolute Gasteiger partial charge is 0.368 e. The smallest absolute Gasteiger partial charge is 0.277 e. The molecule has 4 nitrogen and oxygen atoms in total. The van der Waals surface area contributed by atoms with Crippen molar-refractivity contribution in [3.8, 4) is 0 Å².